The van der Waals surface area contributed by atoms with Crippen molar-refractivity contribution >= 4 is 0 Å². The number of imidazole rings is 1. The van der Waals surface area contributed by atoms with E-state index >= 15 is 0 Å². The third kappa shape index (κ3) is 2.28. The maximum absolute atomic E-state index is 13.4. The van der Waals surface area contributed by atoms with E-state index in [4.69, 9.17) is 0 Å². The molecule has 0 amide bonds. The lowest BCUT2D eigenvalue weighted by molar-refractivity contribution is 0.590. The maximum Gasteiger partial charge on any atom is 0.128 e. The van der Waals surface area contributed by atoms with E-state index in [2.05, 4.69) is 10.3 Å². The zero-order chi connectivity index (χ0) is 11.4. The number of nitrogens with zero attached hydrogens (tertiary/aromatic N) is 2. The molecule has 1 heterocycles. The summed E-state index contributed by atoms with van der Waals surface area (Å²) in [6, 6.07) is 6.80. The summed E-state index contributed by atoms with van der Waals surface area (Å²) >= 11 is 0. The molecule has 0 fully saturated rings. The second-order valence-electron chi connectivity index (χ2n) is 3.59. The first-order valence-corrected chi connectivity index (χ1v) is 5.19. The summed E-state index contributed by atoms with van der Waals surface area (Å²) in [5, 5.41) is 3.03. The molecule has 0 atom stereocenters. The molecule has 0 aliphatic heterocycles. The van der Waals surface area contributed by atoms with Gasteiger partial charge in [0.15, 0.2) is 0 Å². The van der Waals surface area contributed by atoms with Crippen LogP contribution in [0.1, 0.15) is 11.4 Å². The van der Waals surface area contributed by atoms with Gasteiger partial charge >= 0.3 is 0 Å². The van der Waals surface area contributed by atoms with Gasteiger partial charge in [0.1, 0.15) is 11.6 Å². The SMILES string of the molecule is CNCc1nccn1Cc1ccccc1F. The van der Waals surface area contributed by atoms with Gasteiger partial charge in [-0.25, -0.2) is 9.37 Å². The van der Waals surface area contributed by atoms with Crippen LogP contribution in [0.25, 0.3) is 0 Å². The first kappa shape index (κ1) is 10.8. The number of nitrogens with one attached hydrogen (secondary N) is 1. The van der Waals surface area contributed by atoms with Crippen LogP contribution in [0, 0.1) is 5.82 Å². The van der Waals surface area contributed by atoms with Gasteiger partial charge in [0.25, 0.3) is 0 Å². The molecule has 0 aliphatic rings. The molecule has 2 rings (SSSR count). The Morgan fingerprint density at radius 2 is 2.19 bits per heavy atom. The largest absolute Gasteiger partial charge is 0.329 e. The van der Waals surface area contributed by atoms with Crippen molar-refractivity contribution in [2.45, 2.75) is 13.1 Å². The Balaban J connectivity index is 2.20. The number of hydrogen-bond donors (Lipinski definition) is 1. The van der Waals surface area contributed by atoms with E-state index in [1.54, 1.807) is 18.3 Å². The van der Waals surface area contributed by atoms with Gasteiger partial charge in [-0.05, 0) is 13.1 Å². The summed E-state index contributed by atoms with van der Waals surface area (Å²) in [6.07, 6.45) is 3.59. The van der Waals surface area contributed by atoms with E-state index in [1.165, 1.54) is 6.07 Å². The summed E-state index contributed by atoms with van der Waals surface area (Å²) in [7, 11) is 1.86. The molecule has 0 saturated carbocycles. The van der Waals surface area contributed by atoms with Crippen LogP contribution in [-0.2, 0) is 13.1 Å². The molecular weight excluding hydrogens is 205 g/mol. The average molecular weight is 219 g/mol. The van der Waals surface area contributed by atoms with Crippen molar-refractivity contribution in [2.24, 2.45) is 0 Å². The quantitative estimate of drug-likeness (QED) is 0.849. The van der Waals surface area contributed by atoms with Crippen LogP contribution in [0.5, 0.6) is 0 Å². The van der Waals surface area contributed by atoms with Crippen LogP contribution in [0.15, 0.2) is 36.7 Å². The van der Waals surface area contributed by atoms with Crippen molar-refractivity contribution in [3.8, 4) is 0 Å². The molecule has 0 radical (unpaired) electrons. The number of aromatic nitrogens is 2. The van der Waals surface area contributed by atoms with Gasteiger partial charge < -0.3 is 9.88 Å². The number of halogens is 1. The second-order valence-corrected chi connectivity index (χ2v) is 3.59. The highest BCUT2D eigenvalue weighted by molar-refractivity contribution is 5.18. The summed E-state index contributed by atoms with van der Waals surface area (Å²) in [4.78, 5) is 4.21. The molecule has 1 aromatic carbocycles. The highest BCUT2D eigenvalue weighted by Gasteiger charge is 2.05. The number of benzene rings is 1. The monoisotopic (exact) mass is 219 g/mol. The normalized spacial score (nSPS) is 10.6. The Bertz CT molecular complexity index is 465. The summed E-state index contributed by atoms with van der Waals surface area (Å²) in [6.45, 7) is 1.20. The first-order valence-electron chi connectivity index (χ1n) is 5.19. The van der Waals surface area contributed by atoms with Crippen LogP contribution >= 0.6 is 0 Å². The van der Waals surface area contributed by atoms with Gasteiger partial charge in [0.05, 0.1) is 13.1 Å². The number of rotatable bonds is 4. The molecule has 0 bridgehead atoms. The van der Waals surface area contributed by atoms with Crippen molar-refractivity contribution in [2.75, 3.05) is 7.05 Å². The van der Waals surface area contributed by atoms with E-state index < -0.39 is 0 Å². The molecule has 0 saturated heterocycles. The molecule has 0 unspecified atom stereocenters. The molecule has 0 aliphatic carbocycles. The predicted molar refractivity (Wildman–Crippen MR) is 60.5 cm³/mol. The van der Waals surface area contributed by atoms with Crippen LogP contribution in [0.3, 0.4) is 0 Å². The maximum atomic E-state index is 13.4. The summed E-state index contributed by atoms with van der Waals surface area (Å²) < 4.78 is 15.4. The zero-order valence-electron chi connectivity index (χ0n) is 9.15. The highest BCUT2D eigenvalue weighted by atomic mass is 19.1. The van der Waals surface area contributed by atoms with Crippen LogP contribution in [0.4, 0.5) is 4.39 Å². The van der Waals surface area contributed by atoms with E-state index in [0.717, 1.165) is 5.82 Å². The van der Waals surface area contributed by atoms with E-state index in [0.29, 0.717) is 18.7 Å². The smallest absolute Gasteiger partial charge is 0.128 e. The molecule has 4 heteroatoms. The van der Waals surface area contributed by atoms with Crippen LogP contribution < -0.4 is 5.32 Å². The molecule has 2 aromatic rings. The van der Waals surface area contributed by atoms with Gasteiger partial charge in [0.2, 0.25) is 0 Å². The Hall–Kier alpha value is -1.68. The molecular formula is C12H14FN3. The fourth-order valence-electron chi connectivity index (χ4n) is 1.62. The Morgan fingerprint density at radius 1 is 1.38 bits per heavy atom. The van der Waals surface area contributed by atoms with Gasteiger partial charge in [-0.2, -0.15) is 0 Å². The molecule has 16 heavy (non-hydrogen) atoms. The van der Waals surface area contributed by atoms with Gasteiger partial charge in [-0.1, -0.05) is 18.2 Å². The van der Waals surface area contributed by atoms with Crippen molar-refractivity contribution in [3.05, 3.63) is 53.9 Å². The summed E-state index contributed by atoms with van der Waals surface area (Å²) in [5.41, 5.74) is 0.679. The van der Waals surface area contributed by atoms with Crippen LogP contribution in [0.2, 0.25) is 0 Å². The van der Waals surface area contributed by atoms with Crippen molar-refractivity contribution < 1.29 is 4.39 Å². The molecule has 3 nitrogen and oxygen atoms in total. The summed E-state index contributed by atoms with van der Waals surface area (Å²) in [5.74, 6) is 0.734. The van der Waals surface area contributed by atoms with Gasteiger partial charge in [0, 0.05) is 18.0 Å². The lowest BCUT2D eigenvalue weighted by atomic mass is 10.2. The van der Waals surface area contributed by atoms with Crippen molar-refractivity contribution in [1.82, 2.24) is 14.9 Å². The Labute approximate surface area is 93.9 Å². The minimum atomic E-state index is -0.174. The Morgan fingerprint density at radius 3 is 2.94 bits per heavy atom. The van der Waals surface area contributed by atoms with Crippen LogP contribution in [-0.4, -0.2) is 16.6 Å². The minimum absolute atomic E-state index is 0.174. The lowest BCUT2D eigenvalue weighted by Crippen LogP contribution is -2.13. The van der Waals surface area contributed by atoms with Gasteiger partial charge in [-0.3, -0.25) is 0 Å². The molecule has 1 N–H and O–H groups in total. The third-order valence-corrected chi connectivity index (χ3v) is 2.44. The minimum Gasteiger partial charge on any atom is -0.329 e. The molecule has 0 spiro atoms. The first-order chi connectivity index (χ1) is 7.81. The fraction of sp³-hybridized carbons (Fsp3) is 0.250. The van der Waals surface area contributed by atoms with Crippen molar-refractivity contribution in [1.29, 1.82) is 0 Å². The standard InChI is InChI=1S/C12H14FN3/c1-14-8-12-15-6-7-16(12)9-10-4-2-3-5-11(10)13/h2-7,14H,8-9H2,1H3. The predicted octanol–water partition coefficient (Wildman–Crippen LogP) is 1.79. The zero-order valence-corrected chi connectivity index (χ0v) is 9.15. The highest BCUT2D eigenvalue weighted by Crippen LogP contribution is 2.09. The fourth-order valence-corrected chi connectivity index (χ4v) is 1.62. The Kier molecular flexibility index (Phi) is 3.31. The van der Waals surface area contributed by atoms with E-state index in [-0.39, 0.29) is 5.82 Å². The van der Waals surface area contributed by atoms with Gasteiger partial charge in [-0.15, -0.1) is 0 Å². The van der Waals surface area contributed by atoms with E-state index in [9.17, 15) is 4.39 Å². The second kappa shape index (κ2) is 4.90. The topological polar surface area (TPSA) is 29.9 Å². The van der Waals surface area contributed by atoms with Crippen molar-refractivity contribution in [3.63, 3.8) is 0 Å². The van der Waals surface area contributed by atoms with E-state index in [1.807, 2.05) is 23.9 Å². The molecule has 1 aromatic heterocycles. The average Bonchev–Trinajstić information content (AvgIpc) is 2.70. The molecule has 84 valence electrons. The number of hydrogen-bond acceptors (Lipinski definition) is 2. The lowest BCUT2D eigenvalue weighted by Gasteiger charge is -2.08. The third-order valence-electron chi connectivity index (χ3n) is 2.44.